The lowest BCUT2D eigenvalue weighted by molar-refractivity contribution is -0.119. The Labute approximate surface area is 124 Å². The van der Waals surface area contributed by atoms with Crippen LogP contribution in [-0.2, 0) is 14.6 Å². The second kappa shape index (κ2) is 6.39. The van der Waals surface area contributed by atoms with Crippen LogP contribution in [0.2, 0.25) is 0 Å². The van der Waals surface area contributed by atoms with Crippen LogP contribution in [0.25, 0.3) is 0 Å². The Hall–Kier alpha value is -1.69. The van der Waals surface area contributed by atoms with Gasteiger partial charge in [-0.15, -0.1) is 0 Å². The molecule has 0 saturated heterocycles. The van der Waals surface area contributed by atoms with Crippen LogP contribution in [0, 0.1) is 0 Å². The Kier molecular flexibility index (Phi) is 4.77. The van der Waals surface area contributed by atoms with E-state index in [4.69, 9.17) is 0 Å². The minimum atomic E-state index is -3.67. The number of benzene rings is 1. The molecular formula is C15H19NO4S. The van der Waals surface area contributed by atoms with Crippen molar-refractivity contribution in [1.82, 2.24) is 5.32 Å². The van der Waals surface area contributed by atoms with Crippen molar-refractivity contribution in [2.75, 3.05) is 5.75 Å². The van der Waals surface area contributed by atoms with Crippen LogP contribution in [-0.4, -0.2) is 31.9 Å². The Morgan fingerprint density at radius 1 is 1.14 bits per heavy atom. The van der Waals surface area contributed by atoms with Crippen molar-refractivity contribution in [1.29, 1.82) is 0 Å². The minimum absolute atomic E-state index is 0.0640. The van der Waals surface area contributed by atoms with Gasteiger partial charge in [0.25, 0.3) is 0 Å². The Bertz CT molecular complexity index is 628. The molecule has 1 N–H and O–H groups in total. The first-order chi connectivity index (χ1) is 9.88. The minimum Gasteiger partial charge on any atom is -0.352 e. The third-order valence-corrected chi connectivity index (χ3v) is 5.29. The van der Waals surface area contributed by atoms with E-state index in [0.717, 1.165) is 25.7 Å². The highest BCUT2D eigenvalue weighted by molar-refractivity contribution is 7.92. The Balaban J connectivity index is 2.03. The summed E-state index contributed by atoms with van der Waals surface area (Å²) in [5, 5.41) is 2.76. The molecule has 6 heteroatoms. The van der Waals surface area contributed by atoms with E-state index in [1.54, 1.807) is 0 Å². The number of sulfone groups is 1. The van der Waals surface area contributed by atoms with Gasteiger partial charge in [-0.1, -0.05) is 25.0 Å². The molecule has 0 heterocycles. The topological polar surface area (TPSA) is 80.3 Å². The zero-order valence-electron chi connectivity index (χ0n) is 12.0. The molecule has 0 unspecified atom stereocenters. The van der Waals surface area contributed by atoms with Gasteiger partial charge < -0.3 is 5.32 Å². The number of carbonyl (C=O) groups excluding carboxylic acids is 2. The van der Waals surface area contributed by atoms with Crippen molar-refractivity contribution >= 4 is 21.5 Å². The van der Waals surface area contributed by atoms with Gasteiger partial charge in [0.1, 0.15) is 5.75 Å². The summed E-state index contributed by atoms with van der Waals surface area (Å²) in [5.41, 5.74) is 0.448. The average Bonchev–Trinajstić information content (AvgIpc) is 2.90. The van der Waals surface area contributed by atoms with Crippen LogP contribution >= 0.6 is 0 Å². The molecule has 0 aliphatic heterocycles. The van der Waals surface area contributed by atoms with Crippen molar-refractivity contribution < 1.29 is 18.0 Å². The molecule has 1 aliphatic carbocycles. The van der Waals surface area contributed by atoms with Gasteiger partial charge in [-0.3, -0.25) is 9.59 Å². The first kappa shape index (κ1) is 15.7. The predicted octanol–water partition coefficient (Wildman–Crippen LogP) is 1.72. The Morgan fingerprint density at radius 3 is 2.24 bits per heavy atom. The number of hydrogen-bond acceptors (Lipinski definition) is 4. The summed E-state index contributed by atoms with van der Waals surface area (Å²) in [6, 6.07) is 5.77. The van der Waals surface area contributed by atoms with Crippen LogP contribution in [0.1, 0.15) is 43.0 Å². The predicted molar refractivity (Wildman–Crippen MR) is 78.9 cm³/mol. The lowest BCUT2D eigenvalue weighted by atomic mass is 10.2. The Morgan fingerprint density at radius 2 is 1.71 bits per heavy atom. The molecule has 2 rings (SSSR count). The number of rotatable bonds is 5. The fraction of sp³-hybridized carbons (Fsp3) is 0.467. The number of carbonyl (C=O) groups is 2. The van der Waals surface area contributed by atoms with Gasteiger partial charge in [-0.05, 0) is 31.9 Å². The molecule has 0 spiro atoms. The molecule has 1 saturated carbocycles. The highest BCUT2D eigenvalue weighted by atomic mass is 32.2. The van der Waals surface area contributed by atoms with Gasteiger partial charge in [-0.25, -0.2) is 8.42 Å². The molecule has 114 valence electrons. The van der Waals surface area contributed by atoms with Crippen molar-refractivity contribution in [2.24, 2.45) is 0 Å². The zero-order valence-corrected chi connectivity index (χ0v) is 12.8. The fourth-order valence-electron chi connectivity index (χ4n) is 2.49. The van der Waals surface area contributed by atoms with E-state index >= 15 is 0 Å². The standard InChI is InChI=1S/C15H19NO4S/c1-11(17)12-6-8-14(9-7-12)21(19,20)10-15(18)16-13-4-2-3-5-13/h6-9,13H,2-5,10H2,1H3,(H,16,18). The second-order valence-electron chi connectivity index (χ2n) is 5.39. The second-order valence-corrected chi connectivity index (χ2v) is 7.38. The monoisotopic (exact) mass is 309 g/mol. The van der Waals surface area contributed by atoms with Crippen molar-refractivity contribution in [3.05, 3.63) is 29.8 Å². The number of amides is 1. The largest absolute Gasteiger partial charge is 0.352 e. The van der Waals surface area contributed by atoms with E-state index in [2.05, 4.69) is 5.32 Å². The summed E-state index contributed by atoms with van der Waals surface area (Å²) in [6.07, 6.45) is 3.98. The highest BCUT2D eigenvalue weighted by Crippen LogP contribution is 2.18. The summed E-state index contributed by atoms with van der Waals surface area (Å²) in [4.78, 5) is 23.0. The summed E-state index contributed by atoms with van der Waals surface area (Å²) >= 11 is 0. The van der Waals surface area contributed by atoms with Crippen LogP contribution in [0.5, 0.6) is 0 Å². The molecule has 1 aromatic rings. The van der Waals surface area contributed by atoms with Gasteiger partial charge in [-0.2, -0.15) is 0 Å². The molecule has 1 amide bonds. The first-order valence-corrected chi connectivity index (χ1v) is 8.67. The average molecular weight is 309 g/mol. The van der Waals surface area contributed by atoms with Crippen molar-refractivity contribution in [2.45, 2.75) is 43.5 Å². The van der Waals surface area contributed by atoms with Gasteiger partial charge in [0, 0.05) is 11.6 Å². The molecule has 0 radical (unpaired) electrons. The van der Waals surface area contributed by atoms with Crippen LogP contribution in [0.3, 0.4) is 0 Å². The first-order valence-electron chi connectivity index (χ1n) is 7.01. The van der Waals surface area contributed by atoms with Gasteiger partial charge in [0.2, 0.25) is 5.91 Å². The smallest absolute Gasteiger partial charge is 0.235 e. The van der Waals surface area contributed by atoms with Crippen molar-refractivity contribution in [3.63, 3.8) is 0 Å². The third-order valence-electron chi connectivity index (χ3n) is 3.66. The number of Topliss-reactive ketones (excluding diaryl/α,β-unsaturated/α-hetero) is 1. The normalized spacial score (nSPS) is 15.9. The maximum atomic E-state index is 12.2. The highest BCUT2D eigenvalue weighted by Gasteiger charge is 2.23. The molecule has 1 aromatic carbocycles. The molecule has 0 bridgehead atoms. The van der Waals surface area contributed by atoms with E-state index < -0.39 is 21.5 Å². The van der Waals surface area contributed by atoms with Crippen LogP contribution in [0.4, 0.5) is 0 Å². The maximum absolute atomic E-state index is 12.2. The third kappa shape index (κ3) is 4.14. The summed E-state index contributed by atoms with van der Waals surface area (Å²) in [5.74, 6) is -1.14. The molecule has 1 aliphatic rings. The van der Waals surface area contributed by atoms with Gasteiger partial charge in [0.15, 0.2) is 15.6 Å². The molecule has 5 nitrogen and oxygen atoms in total. The van der Waals surface area contributed by atoms with E-state index in [9.17, 15) is 18.0 Å². The molecule has 0 atom stereocenters. The maximum Gasteiger partial charge on any atom is 0.235 e. The lowest BCUT2D eigenvalue weighted by Crippen LogP contribution is -2.36. The van der Waals surface area contributed by atoms with Gasteiger partial charge >= 0.3 is 0 Å². The summed E-state index contributed by atoms with van der Waals surface area (Å²) in [6.45, 7) is 1.42. The number of nitrogens with one attached hydrogen (secondary N) is 1. The summed E-state index contributed by atoms with van der Waals surface area (Å²) < 4.78 is 24.3. The summed E-state index contributed by atoms with van der Waals surface area (Å²) in [7, 11) is -3.67. The van der Waals surface area contributed by atoms with Gasteiger partial charge in [0.05, 0.1) is 4.90 Å². The van der Waals surface area contributed by atoms with E-state index in [-0.39, 0.29) is 16.7 Å². The zero-order chi connectivity index (χ0) is 15.5. The van der Waals surface area contributed by atoms with E-state index in [0.29, 0.717) is 5.56 Å². The van der Waals surface area contributed by atoms with Crippen LogP contribution < -0.4 is 5.32 Å². The molecule has 0 aromatic heterocycles. The van der Waals surface area contributed by atoms with Crippen molar-refractivity contribution in [3.8, 4) is 0 Å². The fourth-order valence-corrected chi connectivity index (χ4v) is 3.64. The number of ketones is 1. The molecular weight excluding hydrogens is 290 g/mol. The van der Waals surface area contributed by atoms with E-state index in [1.165, 1.54) is 31.2 Å². The lowest BCUT2D eigenvalue weighted by Gasteiger charge is -2.12. The number of hydrogen-bond donors (Lipinski definition) is 1. The molecule has 1 fully saturated rings. The van der Waals surface area contributed by atoms with Crippen LogP contribution in [0.15, 0.2) is 29.2 Å². The molecule has 21 heavy (non-hydrogen) atoms. The van der Waals surface area contributed by atoms with E-state index in [1.807, 2.05) is 0 Å². The SMILES string of the molecule is CC(=O)c1ccc(S(=O)(=O)CC(=O)NC2CCCC2)cc1. The quantitative estimate of drug-likeness (QED) is 0.840.